The summed E-state index contributed by atoms with van der Waals surface area (Å²) in [5, 5.41) is 10.3. The Morgan fingerprint density at radius 1 is 1.19 bits per heavy atom. The highest BCUT2D eigenvalue weighted by Crippen LogP contribution is 2.38. The Kier molecular flexibility index (Phi) is 6.28. The number of carbonyl (C=O) groups is 2. The third-order valence-electron chi connectivity index (χ3n) is 4.70. The van der Waals surface area contributed by atoms with Gasteiger partial charge in [-0.3, -0.25) is 9.59 Å². The van der Waals surface area contributed by atoms with Crippen LogP contribution in [0.3, 0.4) is 0 Å². The highest BCUT2D eigenvalue weighted by Gasteiger charge is 2.27. The van der Waals surface area contributed by atoms with Gasteiger partial charge in [0.1, 0.15) is 16.3 Å². The second-order valence-corrected chi connectivity index (χ2v) is 7.78. The quantitative estimate of drug-likeness (QED) is 0.707. The van der Waals surface area contributed by atoms with Gasteiger partial charge in [-0.15, -0.1) is 11.3 Å². The molecule has 3 rings (SSSR count). The molecule has 2 N–H and O–H groups in total. The molecule has 0 aromatic carbocycles. The maximum absolute atomic E-state index is 12.8. The summed E-state index contributed by atoms with van der Waals surface area (Å²) < 4.78 is 10.1. The number of methoxy groups -OCH3 is 1. The van der Waals surface area contributed by atoms with Gasteiger partial charge in [-0.25, -0.2) is 0 Å². The molecule has 0 saturated carbocycles. The molecule has 0 atom stereocenters. The summed E-state index contributed by atoms with van der Waals surface area (Å²) in [5.41, 5.74) is 2.64. The zero-order chi connectivity index (χ0) is 19.4. The average Bonchev–Trinajstić information content (AvgIpc) is 3.17. The van der Waals surface area contributed by atoms with Gasteiger partial charge in [0.25, 0.3) is 11.8 Å². The summed E-state index contributed by atoms with van der Waals surface area (Å²) in [6.45, 7) is 4.57. The van der Waals surface area contributed by atoms with Crippen LogP contribution in [-0.2, 0) is 17.6 Å². The van der Waals surface area contributed by atoms with Crippen LogP contribution in [0.4, 0.5) is 5.00 Å². The number of carbonyl (C=O) groups excluding carboxylic acids is 2. The lowest BCUT2D eigenvalue weighted by Gasteiger charge is -2.13. The number of thiophene rings is 1. The number of hydrogen-bond donors (Lipinski definition) is 2. The van der Waals surface area contributed by atoms with E-state index in [1.165, 1.54) is 16.2 Å². The topological polar surface area (TPSA) is 93.5 Å². The minimum atomic E-state index is -0.293. The molecular weight excluding hydrogens is 366 g/mol. The molecular formula is C19H25N3O4S. The van der Waals surface area contributed by atoms with Crippen molar-refractivity contribution < 1.29 is 18.8 Å². The zero-order valence-corrected chi connectivity index (χ0v) is 16.8. The molecule has 0 saturated heterocycles. The largest absolute Gasteiger partial charge is 0.385 e. The first-order valence-corrected chi connectivity index (χ1v) is 10.0. The van der Waals surface area contributed by atoms with Crippen molar-refractivity contribution in [3.63, 3.8) is 0 Å². The number of aryl methyl sites for hydroxylation is 3. The first kappa shape index (κ1) is 19.6. The van der Waals surface area contributed by atoms with Crippen LogP contribution in [0.25, 0.3) is 0 Å². The van der Waals surface area contributed by atoms with Crippen molar-refractivity contribution in [3.8, 4) is 0 Å². The van der Waals surface area contributed by atoms with Crippen LogP contribution in [0.1, 0.15) is 61.9 Å². The van der Waals surface area contributed by atoms with E-state index in [2.05, 4.69) is 15.8 Å². The Labute approximate surface area is 162 Å². The minimum absolute atomic E-state index is 0.139. The molecule has 1 aliphatic carbocycles. The van der Waals surface area contributed by atoms with Gasteiger partial charge in [0.2, 0.25) is 0 Å². The average molecular weight is 391 g/mol. The Morgan fingerprint density at radius 2 is 1.96 bits per heavy atom. The molecule has 0 unspecified atom stereocenters. The number of rotatable bonds is 7. The molecule has 27 heavy (non-hydrogen) atoms. The van der Waals surface area contributed by atoms with Crippen molar-refractivity contribution in [1.29, 1.82) is 0 Å². The molecule has 0 spiro atoms. The maximum Gasteiger partial charge on any atom is 0.261 e. The number of nitrogens with one attached hydrogen (secondary N) is 2. The lowest BCUT2D eigenvalue weighted by molar-refractivity contribution is 0.0948. The molecule has 0 aliphatic heterocycles. The Hall–Kier alpha value is -2.19. The summed E-state index contributed by atoms with van der Waals surface area (Å²) in [5.74, 6) is 0.0368. The molecule has 2 amide bonds. The van der Waals surface area contributed by atoms with Gasteiger partial charge in [-0.2, -0.15) is 0 Å². The molecule has 1 aliphatic rings. The van der Waals surface area contributed by atoms with Gasteiger partial charge in [-0.1, -0.05) is 5.16 Å². The van der Waals surface area contributed by atoms with Crippen molar-refractivity contribution >= 4 is 28.2 Å². The number of hydrogen-bond acceptors (Lipinski definition) is 6. The number of aromatic nitrogens is 1. The van der Waals surface area contributed by atoms with Crippen LogP contribution < -0.4 is 10.6 Å². The van der Waals surface area contributed by atoms with Gasteiger partial charge in [0.15, 0.2) is 0 Å². The fourth-order valence-corrected chi connectivity index (χ4v) is 4.66. The lowest BCUT2D eigenvalue weighted by atomic mass is 9.95. The van der Waals surface area contributed by atoms with Crippen molar-refractivity contribution in [3.05, 3.63) is 33.0 Å². The summed E-state index contributed by atoms with van der Waals surface area (Å²) >= 11 is 1.50. The van der Waals surface area contributed by atoms with Gasteiger partial charge in [-0.05, 0) is 51.5 Å². The summed E-state index contributed by atoms with van der Waals surface area (Å²) in [6.07, 6.45) is 4.74. The zero-order valence-electron chi connectivity index (χ0n) is 15.9. The van der Waals surface area contributed by atoms with E-state index in [0.717, 1.165) is 37.7 Å². The van der Waals surface area contributed by atoms with Crippen LogP contribution in [0.2, 0.25) is 0 Å². The second-order valence-electron chi connectivity index (χ2n) is 6.67. The van der Waals surface area contributed by atoms with Crippen LogP contribution in [0, 0.1) is 13.8 Å². The Bertz CT molecular complexity index is 821. The van der Waals surface area contributed by atoms with E-state index < -0.39 is 0 Å². The maximum atomic E-state index is 12.8. The first-order chi connectivity index (χ1) is 13.0. The highest BCUT2D eigenvalue weighted by molar-refractivity contribution is 7.17. The Morgan fingerprint density at radius 3 is 2.67 bits per heavy atom. The molecule has 2 aromatic heterocycles. The van der Waals surface area contributed by atoms with Crippen molar-refractivity contribution in [1.82, 2.24) is 10.5 Å². The second kappa shape index (κ2) is 8.67. The molecule has 2 heterocycles. The number of ether oxygens (including phenoxy) is 1. The molecule has 8 heteroatoms. The predicted octanol–water partition coefficient (Wildman–Crippen LogP) is 3.25. The molecule has 2 aromatic rings. The molecule has 7 nitrogen and oxygen atoms in total. The standard InChI is InChI=1S/C19H25N3O4S/c1-11-15(12(2)26-22-11)18(24)21-19-16(17(23)20-9-6-10-25-3)13-7-4-5-8-14(13)27-19/h4-10H2,1-3H3,(H,20,23)(H,21,24). The SMILES string of the molecule is COCCCNC(=O)c1c(NC(=O)c2c(C)noc2C)sc2c1CCCC2. The van der Waals surface area contributed by atoms with Gasteiger partial charge < -0.3 is 19.9 Å². The third kappa shape index (κ3) is 4.22. The smallest absolute Gasteiger partial charge is 0.261 e. The van der Waals surface area contributed by atoms with Gasteiger partial charge in [0.05, 0.1) is 11.3 Å². The molecule has 0 fully saturated rings. The molecule has 146 valence electrons. The van der Waals surface area contributed by atoms with E-state index in [-0.39, 0.29) is 11.8 Å². The first-order valence-electron chi connectivity index (χ1n) is 9.18. The van der Waals surface area contributed by atoms with Crippen LogP contribution >= 0.6 is 11.3 Å². The predicted molar refractivity (Wildman–Crippen MR) is 104 cm³/mol. The summed E-state index contributed by atoms with van der Waals surface area (Å²) in [6, 6.07) is 0. The number of amides is 2. The fourth-order valence-electron chi connectivity index (χ4n) is 3.37. The van der Waals surface area contributed by atoms with E-state index in [1.807, 2.05) is 0 Å². The molecule has 0 radical (unpaired) electrons. The number of nitrogens with zero attached hydrogens (tertiary/aromatic N) is 1. The van der Waals surface area contributed by atoms with E-state index in [9.17, 15) is 9.59 Å². The van der Waals surface area contributed by atoms with E-state index >= 15 is 0 Å². The number of fused-ring (bicyclic) bond motifs is 1. The van der Waals surface area contributed by atoms with E-state index in [0.29, 0.717) is 40.7 Å². The molecule has 0 bridgehead atoms. The lowest BCUT2D eigenvalue weighted by Crippen LogP contribution is -2.27. The van der Waals surface area contributed by atoms with Crippen molar-refractivity contribution in [2.24, 2.45) is 0 Å². The summed E-state index contributed by atoms with van der Waals surface area (Å²) in [4.78, 5) is 26.8. The van der Waals surface area contributed by atoms with Crippen molar-refractivity contribution in [2.75, 3.05) is 25.6 Å². The minimum Gasteiger partial charge on any atom is -0.385 e. The highest BCUT2D eigenvalue weighted by atomic mass is 32.1. The number of anilines is 1. The van der Waals surface area contributed by atoms with Crippen LogP contribution in [0.5, 0.6) is 0 Å². The van der Waals surface area contributed by atoms with E-state index in [4.69, 9.17) is 9.26 Å². The Balaban J connectivity index is 1.85. The normalized spacial score (nSPS) is 13.3. The van der Waals surface area contributed by atoms with Crippen LogP contribution in [-0.4, -0.2) is 37.2 Å². The summed E-state index contributed by atoms with van der Waals surface area (Å²) in [7, 11) is 1.64. The third-order valence-corrected chi connectivity index (χ3v) is 5.90. The van der Waals surface area contributed by atoms with Crippen LogP contribution in [0.15, 0.2) is 4.52 Å². The fraction of sp³-hybridized carbons (Fsp3) is 0.526. The monoisotopic (exact) mass is 391 g/mol. The van der Waals surface area contributed by atoms with Crippen molar-refractivity contribution in [2.45, 2.75) is 46.0 Å². The van der Waals surface area contributed by atoms with E-state index in [1.54, 1.807) is 21.0 Å². The van der Waals surface area contributed by atoms with Gasteiger partial charge >= 0.3 is 0 Å². The van der Waals surface area contributed by atoms with Gasteiger partial charge in [0, 0.05) is 25.1 Å².